The second-order valence-electron chi connectivity index (χ2n) is 6.17. The average molecular weight is 313 g/mol. The molecule has 1 fully saturated rings. The smallest absolute Gasteiger partial charge is 0.410 e. The molecule has 1 aliphatic heterocycles. The first-order chi connectivity index (χ1) is 9.76. The molecule has 6 nitrogen and oxygen atoms in total. The molecule has 0 aromatic carbocycles. The lowest BCUT2D eigenvalue weighted by Crippen LogP contribution is -2.55. The number of anilines is 1. The van der Waals surface area contributed by atoms with Crippen LogP contribution in [0.2, 0.25) is 5.02 Å². The monoisotopic (exact) mass is 312 g/mol. The number of nitrogens with zero attached hydrogens (tertiary/aromatic N) is 4. The standard InChI is InChI=1S/C14H21ClN4O2/c1-10-9-18(13(20)21-14(2,3)4)5-6-19(10)12-16-7-11(15)8-17-12/h7-8,10H,5-6,9H2,1-4H3/t10-/m1/s1. The minimum Gasteiger partial charge on any atom is -0.444 e. The zero-order chi connectivity index (χ0) is 15.6. The van der Waals surface area contributed by atoms with E-state index in [9.17, 15) is 4.79 Å². The predicted octanol–water partition coefficient (Wildman–Crippen LogP) is 2.58. The van der Waals surface area contributed by atoms with Crippen molar-refractivity contribution in [3.05, 3.63) is 17.4 Å². The van der Waals surface area contributed by atoms with Crippen LogP contribution in [0, 0.1) is 0 Å². The van der Waals surface area contributed by atoms with E-state index < -0.39 is 5.60 Å². The molecule has 0 radical (unpaired) electrons. The van der Waals surface area contributed by atoms with Gasteiger partial charge in [0.1, 0.15) is 5.60 Å². The highest BCUT2D eigenvalue weighted by Gasteiger charge is 2.30. The van der Waals surface area contributed by atoms with Gasteiger partial charge in [-0.3, -0.25) is 0 Å². The van der Waals surface area contributed by atoms with E-state index in [-0.39, 0.29) is 12.1 Å². The van der Waals surface area contributed by atoms with E-state index in [4.69, 9.17) is 16.3 Å². The summed E-state index contributed by atoms with van der Waals surface area (Å²) in [6.45, 7) is 9.48. The van der Waals surface area contributed by atoms with Gasteiger partial charge in [-0.1, -0.05) is 11.6 Å². The lowest BCUT2D eigenvalue weighted by atomic mass is 10.2. The first-order valence-electron chi connectivity index (χ1n) is 6.98. The van der Waals surface area contributed by atoms with Crippen molar-refractivity contribution < 1.29 is 9.53 Å². The molecule has 7 heteroatoms. The quantitative estimate of drug-likeness (QED) is 0.797. The molecule has 1 aromatic rings. The molecule has 1 amide bonds. The van der Waals surface area contributed by atoms with Gasteiger partial charge >= 0.3 is 6.09 Å². The van der Waals surface area contributed by atoms with Gasteiger partial charge in [0.2, 0.25) is 5.95 Å². The highest BCUT2D eigenvalue weighted by atomic mass is 35.5. The Morgan fingerprint density at radius 1 is 1.33 bits per heavy atom. The maximum Gasteiger partial charge on any atom is 0.410 e. The van der Waals surface area contributed by atoms with Gasteiger partial charge in [-0.2, -0.15) is 0 Å². The number of hydrogen-bond acceptors (Lipinski definition) is 5. The third kappa shape index (κ3) is 4.20. The molecule has 0 N–H and O–H groups in total. The Morgan fingerprint density at radius 2 is 1.95 bits per heavy atom. The second kappa shape index (κ2) is 6.05. The summed E-state index contributed by atoms with van der Waals surface area (Å²) >= 11 is 5.80. The SMILES string of the molecule is C[C@@H]1CN(C(=O)OC(C)(C)C)CCN1c1ncc(Cl)cn1. The Kier molecular flexibility index (Phi) is 4.56. The molecule has 1 atom stereocenters. The fraction of sp³-hybridized carbons (Fsp3) is 0.643. The van der Waals surface area contributed by atoms with Crippen LogP contribution in [0.3, 0.4) is 0 Å². The van der Waals surface area contributed by atoms with E-state index in [1.165, 1.54) is 0 Å². The van der Waals surface area contributed by atoms with Crippen molar-refractivity contribution >= 4 is 23.6 Å². The maximum absolute atomic E-state index is 12.1. The van der Waals surface area contributed by atoms with E-state index in [2.05, 4.69) is 14.9 Å². The van der Waals surface area contributed by atoms with Crippen LogP contribution < -0.4 is 4.90 Å². The van der Waals surface area contributed by atoms with Gasteiger partial charge in [-0.25, -0.2) is 14.8 Å². The number of carbonyl (C=O) groups is 1. The second-order valence-corrected chi connectivity index (χ2v) is 6.61. The zero-order valence-electron chi connectivity index (χ0n) is 12.8. The van der Waals surface area contributed by atoms with Crippen LogP contribution in [-0.4, -0.2) is 52.2 Å². The van der Waals surface area contributed by atoms with Crippen LogP contribution in [0.1, 0.15) is 27.7 Å². The van der Waals surface area contributed by atoms with Crippen molar-refractivity contribution in [2.24, 2.45) is 0 Å². The van der Waals surface area contributed by atoms with Gasteiger partial charge in [-0.15, -0.1) is 0 Å². The summed E-state index contributed by atoms with van der Waals surface area (Å²) in [6, 6.07) is 0.118. The van der Waals surface area contributed by atoms with Gasteiger partial charge < -0.3 is 14.5 Å². The maximum atomic E-state index is 12.1. The van der Waals surface area contributed by atoms with Crippen LogP contribution in [0.5, 0.6) is 0 Å². The van der Waals surface area contributed by atoms with Crippen LogP contribution in [0.15, 0.2) is 12.4 Å². The van der Waals surface area contributed by atoms with Crippen molar-refractivity contribution in [3.63, 3.8) is 0 Å². The van der Waals surface area contributed by atoms with Crippen molar-refractivity contribution in [1.29, 1.82) is 0 Å². The Bertz CT molecular complexity index is 501. The Labute approximate surface area is 130 Å². The average Bonchev–Trinajstić information content (AvgIpc) is 2.38. The van der Waals surface area contributed by atoms with E-state index in [1.807, 2.05) is 27.7 Å². The summed E-state index contributed by atoms with van der Waals surface area (Å²) in [5, 5.41) is 0.513. The topological polar surface area (TPSA) is 58.6 Å². The number of carbonyl (C=O) groups excluding carboxylic acids is 1. The number of halogens is 1. The van der Waals surface area contributed by atoms with E-state index in [0.717, 1.165) is 0 Å². The van der Waals surface area contributed by atoms with E-state index in [0.29, 0.717) is 30.6 Å². The van der Waals surface area contributed by atoms with Crippen LogP contribution in [-0.2, 0) is 4.74 Å². The molecule has 2 rings (SSSR count). The summed E-state index contributed by atoms with van der Waals surface area (Å²) in [6.07, 6.45) is 2.89. The lowest BCUT2D eigenvalue weighted by molar-refractivity contribution is 0.0218. The lowest BCUT2D eigenvalue weighted by Gasteiger charge is -2.40. The van der Waals surface area contributed by atoms with Crippen LogP contribution >= 0.6 is 11.6 Å². The number of piperazine rings is 1. The van der Waals surface area contributed by atoms with Gasteiger partial charge in [0.15, 0.2) is 0 Å². The van der Waals surface area contributed by atoms with Gasteiger partial charge in [0.05, 0.1) is 17.4 Å². The van der Waals surface area contributed by atoms with Crippen molar-refractivity contribution in [3.8, 4) is 0 Å². The fourth-order valence-corrected chi connectivity index (χ4v) is 2.30. The molecule has 1 aliphatic rings. The number of hydrogen-bond donors (Lipinski definition) is 0. The van der Waals surface area contributed by atoms with Crippen molar-refractivity contribution in [2.45, 2.75) is 39.3 Å². The predicted molar refractivity (Wildman–Crippen MR) is 81.7 cm³/mol. The summed E-state index contributed by atoms with van der Waals surface area (Å²) < 4.78 is 5.40. The molecule has 0 bridgehead atoms. The third-order valence-electron chi connectivity index (χ3n) is 3.14. The molecule has 0 aliphatic carbocycles. The minimum atomic E-state index is -0.475. The van der Waals surface area contributed by atoms with E-state index >= 15 is 0 Å². The van der Waals surface area contributed by atoms with Crippen LogP contribution in [0.4, 0.5) is 10.7 Å². The molecule has 0 spiro atoms. The van der Waals surface area contributed by atoms with Gasteiger partial charge in [0.25, 0.3) is 0 Å². The summed E-state index contributed by atoms with van der Waals surface area (Å²) in [5.74, 6) is 0.635. The molecule has 116 valence electrons. The van der Waals surface area contributed by atoms with Crippen LogP contribution in [0.25, 0.3) is 0 Å². The molecule has 2 heterocycles. The summed E-state index contributed by atoms with van der Waals surface area (Å²) in [7, 11) is 0. The normalized spacial score (nSPS) is 19.6. The molecular weight excluding hydrogens is 292 g/mol. The Hall–Kier alpha value is -1.56. The Morgan fingerprint density at radius 3 is 2.48 bits per heavy atom. The first kappa shape index (κ1) is 15.8. The molecule has 1 saturated heterocycles. The largest absolute Gasteiger partial charge is 0.444 e. The Balaban J connectivity index is 1.99. The molecule has 21 heavy (non-hydrogen) atoms. The zero-order valence-corrected chi connectivity index (χ0v) is 13.6. The minimum absolute atomic E-state index is 0.118. The number of rotatable bonds is 1. The highest BCUT2D eigenvalue weighted by Crippen LogP contribution is 2.19. The highest BCUT2D eigenvalue weighted by molar-refractivity contribution is 6.30. The summed E-state index contributed by atoms with van der Waals surface area (Å²) in [5.41, 5.74) is -0.475. The van der Waals surface area contributed by atoms with Crippen molar-refractivity contribution in [1.82, 2.24) is 14.9 Å². The third-order valence-corrected chi connectivity index (χ3v) is 3.34. The first-order valence-corrected chi connectivity index (χ1v) is 7.36. The number of aromatic nitrogens is 2. The van der Waals surface area contributed by atoms with E-state index in [1.54, 1.807) is 17.3 Å². The van der Waals surface area contributed by atoms with Crippen molar-refractivity contribution in [2.75, 3.05) is 24.5 Å². The number of amides is 1. The molecule has 1 aromatic heterocycles. The molecule has 0 unspecified atom stereocenters. The number of ether oxygens (including phenoxy) is 1. The summed E-state index contributed by atoms with van der Waals surface area (Å²) in [4.78, 5) is 24.3. The van der Waals surface area contributed by atoms with Gasteiger partial charge in [-0.05, 0) is 27.7 Å². The molecule has 0 saturated carbocycles. The van der Waals surface area contributed by atoms with Gasteiger partial charge in [0, 0.05) is 25.7 Å². The fourth-order valence-electron chi connectivity index (χ4n) is 2.20. The molecular formula is C14H21ClN4O2.